The van der Waals surface area contributed by atoms with Crippen LogP contribution in [-0.4, -0.2) is 50.0 Å². The quantitative estimate of drug-likeness (QED) is 0.0751. The van der Waals surface area contributed by atoms with E-state index < -0.39 is 63.6 Å². The average Bonchev–Trinajstić information content (AvgIpc) is 3.86. The lowest BCUT2D eigenvalue weighted by Crippen LogP contribution is -2.49. The van der Waals surface area contributed by atoms with Crippen molar-refractivity contribution in [1.82, 2.24) is 9.78 Å². The molecule has 1 saturated carbocycles. The summed E-state index contributed by atoms with van der Waals surface area (Å²) in [5, 5.41) is 29.5. The zero-order chi connectivity index (χ0) is 40.2. The second-order valence-corrected chi connectivity index (χ2v) is 16.8. The molecule has 2 aliphatic carbocycles. The number of para-hydroxylation sites is 1. The smallest absolute Gasteiger partial charge is 0.269 e. The van der Waals surface area contributed by atoms with Crippen LogP contribution in [0, 0.1) is 46.1 Å². The largest absolute Gasteiger partial charge is 0.504 e. The summed E-state index contributed by atoms with van der Waals surface area (Å²) in [5.41, 5.74) is 1.23. The van der Waals surface area contributed by atoms with Gasteiger partial charge in [-0.2, -0.15) is 5.10 Å². The van der Waals surface area contributed by atoms with Crippen LogP contribution in [0.25, 0.3) is 20.7 Å². The number of amides is 4. The molecule has 2 aliphatic heterocycles. The first-order valence-electron chi connectivity index (χ1n) is 18.6. The Labute approximate surface area is 335 Å². The number of nitro groups is 1. The van der Waals surface area contributed by atoms with Crippen molar-refractivity contribution in [3.05, 3.63) is 105 Å². The van der Waals surface area contributed by atoms with Gasteiger partial charge in [0.15, 0.2) is 11.5 Å². The lowest BCUT2D eigenvalue weighted by molar-refractivity contribution is -0.384. The van der Waals surface area contributed by atoms with Crippen LogP contribution in [0.4, 0.5) is 17.2 Å². The second-order valence-electron chi connectivity index (χ2n) is 15.3. The number of anilines is 2. The number of aromatic nitrogens is 2. The van der Waals surface area contributed by atoms with E-state index in [1.165, 1.54) is 45.2 Å². The number of phenols is 1. The first-order valence-corrected chi connectivity index (χ1v) is 19.8. The van der Waals surface area contributed by atoms with Gasteiger partial charge in [0.1, 0.15) is 11.5 Å². The minimum absolute atomic E-state index is 0.0982. The molecule has 15 heteroatoms. The standard InChI is InChI=1S/C42H36ClN5O8S/c1-5-56-31-8-6-7-26(36(31)49)35-24-14-15-25-34(40(52)46(38(25)50)22-10-12-23(13-11-22)48(54)55)28(24)18-29-39(51)47(41(53)42(29,35)3)33-19-30(44-45(33)4)37-20(2)27-17-21(43)9-16-32(27)57-37/h6-14,16-17,19,25,28-29,34-35,49H,5,15,18H2,1-4H3. The third kappa shape index (κ3) is 5.22. The lowest BCUT2D eigenvalue weighted by atomic mass is 9.51. The molecule has 6 atom stereocenters. The number of benzene rings is 3. The SMILES string of the molecule is CCOc1cccc(C2C3=CCC4C(=O)N(c5ccc([N+](=O)[O-])cc5)C(=O)C4C3CC3C(=O)N(c4cc(-c5sc6ccc(Cl)cc6c5C)nn4C)C(=O)C32C)c1O. The highest BCUT2D eigenvalue weighted by atomic mass is 35.5. The Morgan fingerprint density at radius 2 is 1.77 bits per heavy atom. The molecule has 13 nitrogen and oxygen atoms in total. The van der Waals surface area contributed by atoms with Crippen molar-refractivity contribution < 1.29 is 33.9 Å². The number of aryl methyl sites for hydroxylation is 2. The first-order chi connectivity index (χ1) is 27.3. The molecule has 2 aromatic heterocycles. The molecule has 0 spiro atoms. The highest BCUT2D eigenvalue weighted by Gasteiger charge is 2.68. The number of phenolic OH excluding ortho intramolecular Hbond substituents is 1. The lowest BCUT2D eigenvalue weighted by Gasteiger charge is -2.49. The van der Waals surface area contributed by atoms with Crippen LogP contribution in [0.1, 0.15) is 43.7 Å². The number of hydrogen-bond donors (Lipinski definition) is 1. The van der Waals surface area contributed by atoms with E-state index in [-0.39, 0.29) is 48.1 Å². The summed E-state index contributed by atoms with van der Waals surface area (Å²) in [6.45, 7) is 5.79. The topological polar surface area (TPSA) is 165 Å². The van der Waals surface area contributed by atoms with Gasteiger partial charge in [-0.05, 0) is 86.9 Å². The molecule has 9 rings (SSSR count). The van der Waals surface area contributed by atoms with Crippen molar-refractivity contribution in [2.45, 2.75) is 39.5 Å². The average molecular weight is 806 g/mol. The van der Waals surface area contributed by atoms with Crippen molar-refractivity contribution >= 4 is 73.8 Å². The number of ether oxygens (including phenoxy) is 1. The van der Waals surface area contributed by atoms with Crippen molar-refractivity contribution in [2.24, 2.45) is 36.1 Å². The third-order valence-electron chi connectivity index (χ3n) is 12.4. The number of hydrogen-bond acceptors (Lipinski definition) is 10. The minimum Gasteiger partial charge on any atom is -0.504 e. The highest BCUT2D eigenvalue weighted by Crippen LogP contribution is 2.65. The first kappa shape index (κ1) is 36.8. The molecule has 3 aromatic carbocycles. The summed E-state index contributed by atoms with van der Waals surface area (Å²) in [5.74, 6) is -5.62. The molecule has 0 radical (unpaired) electrons. The fourth-order valence-electron chi connectivity index (χ4n) is 9.82. The van der Waals surface area contributed by atoms with Crippen LogP contribution in [0.5, 0.6) is 11.5 Å². The predicted molar refractivity (Wildman–Crippen MR) is 213 cm³/mol. The number of thiophene rings is 1. The Morgan fingerprint density at radius 1 is 1.02 bits per heavy atom. The number of aromatic hydroxyl groups is 1. The predicted octanol–water partition coefficient (Wildman–Crippen LogP) is 7.71. The molecule has 0 bridgehead atoms. The summed E-state index contributed by atoms with van der Waals surface area (Å²) in [6, 6.07) is 17.7. The van der Waals surface area contributed by atoms with Gasteiger partial charge in [-0.25, -0.2) is 4.90 Å². The highest BCUT2D eigenvalue weighted by molar-refractivity contribution is 7.22. The van der Waals surface area contributed by atoms with Crippen LogP contribution in [0.2, 0.25) is 5.02 Å². The van der Waals surface area contributed by atoms with Gasteiger partial charge in [0.05, 0.1) is 45.3 Å². The van der Waals surface area contributed by atoms with E-state index in [0.29, 0.717) is 21.9 Å². The maximum Gasteiger partial charge on any atom is 0.269 e. The Hall–Kier alpha value is -5.86. The molecule has 290 valence electrons. The Balaban J connectivity index is 1.15. The number of allylic oxidation sites excluding steroid dienone is 2. The van der Waals surface area contributed by atoms with Gasteiger partial charge in [0.25, 0.3) is 5.69 Å². The summed E-state index contributed by atoms with van der Waals surface area (Å²) in [4.78, 5) is 72.5. The van der Waals surface area contributed by atoms with Crippen molar-refractivity contribution in [3.8, 4) is 22.1 Å². The number of nitrogens with zero attached hydrogens (tertiary/aromatic N) is 5. The van der Waals surface area contributed by atoms with Gasteiger partial charge in [-0.15, -0.1) is 11.3 Å². The minimum atomic E-state index is -1.42. The van der Waals surface area contributed by atoms with E-state index in [9.17, 15) is 29.6 Å². The summed E-state index contributed by atoms with van der Waals surface area (Å²) >= 11 is 7.85. The summed E-state index contributed by atoms with van der Waals surface area (Å²) in [6.07, 6.45) is 2.18. The fraction of sp³-hybridized carbons (Fsp3) is 0.310. The second kappa shape index (κ2) is 13.1. The van der Waals surface area contributed by atoms with Gasteiger partial charge in [-0.1, -0.05) is 35.4 Å². The number of carbonyl (C=O) groups is 4. The maximum absolute atomic E-state index is 15.2. The molecule has 4 aliphatic rings. The molecule has 5 aromatic rings. The van der Waals surface area contributed by atoms with Crippen LogP contribution in [0.3, 0.4) is 0 Å². The molecule has 4 amide bonds. The monoisotopic (exact) mass is 805 g/mol. The van der Waals surface area contributed by atoms with Gasteiger partial charge < -0.3 is 9.84 Å². The number of fused-ring (bicyclic) bond motifs is 5. The summed E-state index contributed by atoms with van der Waals surface area (Å²) < 4.78 is 8.31. The number of imide groups is 2. The van der Waals surface area contributed by atoms with E-state index >= 15 is 4.79 Å². The van der Waals surface area contributed by atoms with Crippen LogP contribution >= 0.6 is 22.9 Å². The molecule has 4 heterocycles. The summed E-state index contributed by atoms with van der Waals surface area (Å²) in [7, 11) is 1.68. The van der Waals surface area contributed by atoms with E-state index in [2.05, 4.69) is 0 Å². The Morgan fingerprint density at radius 3 is 2.49 bits per heavy atom. The van der Waals surface area contributed by atoms with Crippen LogP contribution in [-0.2, 0) is 26.2 Å². The normalized spacial score (nSPS) is 25.5. The van der Waals surface area contributed by atoms with E-state index in [1.54, 1.807) is 45.2 Å². The van der Waals surface area contributed by atoms with Crippen molar-refractivity contribution in [1.29, 1.82) is 0 Å². The van der Waals surface area contributed by atoms with E-state index in [4.69, 9.17) is 21.4 Å². The number of carbonyl (C=O) groups excluding carboxylic acids is 4. The van der Waals surface area contributed by atoms with Gasteiger partial charge >= 0.3 is 0 Å². The molecule has 2 saturated heterocycles. The molecule has 57 heavy (non-hydrogen) atoms. The zero-order valence-corrected chi connectivity index (χ0v) is 32.8. The maximum atomic E-state index is 15.2. The molecular weight excluding hydrogens is 770 g/mol. The van der Waals surface area contributed by atoms with Crippen LogP contribution < -0.4 is 14.5 Å². The Kier molecular flexibility index (Phi) is 8.45. The fourth-order valence-corrected chi connectivity index (χ4v) is 11.1. The molecule has 3 fully saturated rings. The number of rotatable bonds is 7. The van der Waals surface area contributed by atoms with Crippen LogP contribution in [0.15, 0.2) is 78.4 Å². The number of non-ortho nitro benzene ring substituents is 1. The Bertz CT molecular complexity index is 2630. The van der Waals surface area contributed by atoms with Crippen molar-refractivity contribution in [3.63, 3.8) is 0 Å². The molecular formula is C42H36ClN5O8S. The number of halogens is 1. The van der Waals surface area contributed by atoms with Gasteiger partial charge in [0, 0.05) is 46.5 Å². The molecule has 1 N–H and O–H groups in total. The van der Waals surface area contributed by atoms with E-state index in [1.807, 2.05) is 31.2 Å². The number of nitro benzene ring substituents is 1. The van der Waals surface area contributed by atoms with E-state index in [0.717, 1.165) is 25.4 Å². The molecule has 6 unspecified atom stereocenters. The van der Waals surface area contributed by atoms with Gasteiger partial charge in [-0.3, -0.25) is 38.9 Å². The van der Waals surface area contributed by atoms with Crippen molar-refractivity contribution in [2.75, 3.05) is 16.4 Å². The third-order valence-corrected chi connectivity index (χ3v) is 14.0. The van der Waals surface area contributed by atoms with Gasteiger partial charge in [0.2, 0.25) is 23.6 Å². The zero-order valence-electron chi connectivity index (χ0n) is 31.3.